The van der Waals surface area contributed by atoms with Crippen molar-refractivity contribution in [2.24, 2.45) is 0 Å². The molecule has 0 amide bonds. The first-order chi connectivity index (χ1) is 11.6. The van der Waals surface area contributed by atoms with Crippen molar-refractivity contribution in [3.8, 4) is 22.9 Å². The molecule has 0 radical (unpaired) electrons. The van der Waals surface area contributed by atoms with Crippen LogP contribution in [0, 0.1) is 0 Å². The topological polar surface area (TPSA) is 69.9 Å². The predicted octanol–water partition coefficient (Wildman–Crippen LogP) is 3.35. The molecule has 0 bridgehead atoms. The van der Waals surface area contributed by atoms with Crippen LogP contribution >= 0.6 is 0 Å². The Balaban J connectivity index is 2.42. The molecule has 0 atom stereocenters. The summed E-state index contributed by atoms with van der Waals surface area (Å²) >= 11 is 0. The third kappa shape index (κ3) is 2.32. The maximum Gasteiger partial charge on any atom is 0.356 e. The molecule has 6 nitrogen and oxygen atoms in total. The van der Waals surface area contributed by atoms with Crippen LogP contribution in [0.3, 0.4) is 0 Å². The monoisotopic (exact) mass is 327 g/mol. The first-order valence-electron chi connectivity index (χ1n) is 7.25. The van der Waals surface area contributed by atoms with Gasteiger partial charge in [-0.05, 0) is 24.3 Å². The van der Waals surface area contributed by atoms with E-state index < -0.39 is 5.97 Å². The van der Waals surface area contributed by atoms with E-state index in [1.807, 2.05) is 24.3 Å². The van der Waals surface area contributed by atoms with E-state index in [1.165, 1.54) is 14.2 Å². The number of fused-ring (bicyclic) bond motifs is 1. The molecular weight excluding hydrogens is 310 g/mol. The van der Waals surface area contributed by atoms with Crippen molar-refractivity contribution in [2.45, 2.75) is 0 Å². The SMILES string of the molecule is COc1ccc(-n2c(C(=O)O)c(OC)c3ccccc32)c(OC)c1. The minimum Gasteiger partial charge on any atom is -0.497 e. The lowest BCUT2D eigenvalue weighted by Crippen LogP contribution is -2.09. The maximum atomic E-state index is 11.9. The normalized spacial score (nSPS) is 10.6. The third-order valence-corrected chi connectivity index (χ3v) is 3.86. The van der Waals surface area contributed by atoms with Gasteiger partial charge in [-0.3, -0.25) is 4.57 Å². The molecule has 1 aromatic heterocycles. The molecule has 1 N–H and O–H groups in total. The largest absolute Gasteiger partial charge is 0.497 e. The number of benzene rings is 2. The molecule has 0 saturated carbocycles. The summed E-state index contributed by atoms with van der Waals surface area (Å²) in [5, 5.41) is 10.5. The van der Waals surface area contributed by atoms with Gasteiger partial charge < -0.3 is 19.3 Å². The van der Waals surface area contributed by atoms with Gasteiger partial charge >= 0.3 is 5.97 Å². The number of carboxylic acid groups (broad SMARTS) is 1. The Hall–Kier alpha value is -3.15. The zero-order chi connectivity index (χ0) is 17.3. The van der Waals surface area contributed by atoms with Crippen LogP contribution in [0.1, 0.15) is 10.5 Å². The number of nitrogens with zero attached hydrogens (tertiary/aromatic N) is 1. The van der Waals surface area contributed by atoms with Crippen LogP contribution in [0.2, 0.25) is 0 Å². The van der Waals surface area contributed by atoms with Crippen molar-refractivity contribution in [3.63, 3.8) is 0 Å². The minimum atomic E-state index is -1.08. The first-order valence-corrected chi connectivity index (χ1v) is 7.25. The number of hydrogen-bond donors (Lipinski definition) is 1. The van der Waals surface area contributed by atoms with Crippen molar-refractivity contribution in [1.82, 2.24) is 4.57 Å². The summed E-state index contributed by atoms with van der Waals surface area (Å²) in [7, 11) is 4.55. The molecule has 0 aliphatic carbocycles. The lowest BCUT2D eigenvalue weighted by molar-refractivity contribution is 0.0685. The van der Waals surface area contributed by atoms with Crippen molar-refractivity contribution >= 4 is 16.9 Å². The van der Waals surface area contributed by atoms with Gasteiger partial charge in [0.25, 0.3) is 0 Å². The highest BCUT2D eigenvalue weighted by Gasteiger charge is 2.25. The Labute approximate surface area is 138 Å². The zero-order valence-electron chi connectivity index (χ0n) is 13.6. The maximum absolute atomic E-state index is 11.9. The summed E-state index contributed by atoms with van der Waals surface area (Å²) < 4.78 is 17.6. The quantitative estimate of drug-likeness (QED) is 0.778. The van der Waals surface area contributed by atoms with Gasteiger partial charge in [0.15, 0.2) is 11.4 Å². The lowest BCUT2D eigenvalue weighted by Gasteiger charge is -2.14. The summed E-state index contributed by atoms with van der Waals surface area (Å²) in [5.41, 5.74) is 1.35. The molecule has 3 aromatic rings. The van der Waals surface area contributed by atoms with Crippen LogP contribution in [-0.2, 0) is 0 Å². The van der Waals surface area contributed by atoms with Crippen molar-refractivity contribution in [2.75, 3.05) is 21.3 Å². The van der Waals surface area contributed by atoms with Gasteiger partial charge in [-0.25, -0.2) is 4.79 Å². The van der Waals surface area contributed by atoms with Crippen LogP contribution in [0.15, 0.2) is 42.5 Å². The Morgan fingerprint density at radius 2 is 1.75 bits per heavy atom. The average Bonchev–Trinajstić information content (AvgIpc) is 2.95. The molecule has 1 heterocycles. The van der Waals surface area contributed by atoms with Crippen molar-refractivity contribution in [1.29, 1.82) is 0 Å². The molecule has 2 aromatic carbocycles. The number of carboxylic acids is 1. The Morgan fingerprint density at radius 3 is 2.38 bits per heavy atom. The average molecular weight is 327 g/mol. The molecule has 124 valence electrons. The second-order valence-electron chi connectivity index (χ2n) is 5.08. The molecule has 24 heavy (non-hydrogen) atoms. The molecule has 0 spiro atoms. The summed E-state index contributed by atoms with van der Waals surface area (Å²) in [6, 6.07) is 12.6. The number of para-hydroxylation sites is 1. The fourth-order valence-electron chi connectivity index (χ4n) is 2.83. The molecular formula is C18H17NO5. The fraction of sp³-hybridized carbons (Fsp3) is 0.167. The molecule has 0 fully saturated rings. The predicted molar refractivity (Wildman–Crippen MR) is 89.9 cm³/mol. The molecule has 0 aliphatic rings. The smallest absolute Gasteiger partial charge is 0.356 e. The first kappa shape index (κ1) is 15.7. The summed E-state index contributed by atoms with van der Waals surface area (Å²) in [4.78, 5) is 11.9. The second kappa shape index (κ2) is 6.16. The van der Waals surface area contributed by atoms with E-state index in [1.54, 1.807) is 29.9 Å². The van der Waals surface area contributed by atoms with Gasteiger partial charge in [0, 0.05) is 11.5 Å². The van der Waals surface area contributed by atoms with Gasteiger partial charge in [-0.15, -0.1) is 0 Å². The highest BCUT2D eigenvalue weighted by molar-refractivity contribution is 6.02. The van der Waals surface area contributed by atoms with E-state index in [2.05, 4.69) is 0 Å². The number of rotatable bonds is 5. The van der Waals surface area contributed by atoms with Crippen LogP contribution in [0.25, 0.3) is 16.6 Å². The van der Waals surface area contributed by atoms with E-state index in [0.717, 1.165) is 10.9 Å². The summed E-state index contributed by atoms with van der Waals surface area (Å²) in [6.45, 7) is 0. The minimum absolute atomic E-state index is 0.0437. The van der Waals surface area contributed by atoms with E-state index in [-0.39, 0.29) is 5.69 Å². The van der Waals surface area contributed by atoms with Gasteiger partial charge in [-0.2, -0.15) is 0 Å². The van der Waals surface area contributed by atoms with Gasteiger partial charge in [0.2, 0.25) is 0 Å². The summed E-state index contributed by atoms with van der Waals surface area (Å²) in [5.74, 6) is 0.355. The number of methoxy groups -OCH3 is 3. The Kier molecular flexibility index (Phi) is 4.04. The van der Waals surface area contributed by atoms with E-state index in [0.29, 0.717) is 22.9 Å². The lowest BCUT2D eigenvalue weighted by atomic mass is 10.2. The number of ether oxygens (including phenoxy) is 3. The fourth-order valence-corrected chi connectivity index (χ4v) is 2.83. The highest BCUT2D eigenvalue weighted by atomic mass is 16.5. The highest BCUT2D eigenvalue weighted by Crippen LogP contribution is 2.38. The van der Waals surface area contributed by atoms with Gasteiger partial charge in [0.05, 0.1) is 32.5 Å². The number of hydrogen-bond acceptors (Lipinski definition) is 4. The van der Waals surface area contributed by atoms with Crippen LogP contribution in [-0.4, -0.2) is 37.0 Å². The van der Waals surface area contributed by atoms with Crippen LogP contribution in [0.5, 0.6) is 17.2 Å². The second-order valence-corrected chi connectivity index (χ2v) is 5.08. The molecule has 3 rings (SSSR count). The molecule has 0 aliphatic heterocycles. The van der Waals surface area contributed by atoms with E-state index in [9.17, 15) is 9.90 Å². The van der Waals surface area contributed by atoms with Gasteiger partial charge in [0.1, 0.15) is 11.5 Å². The van der Waals surface area contributed by atoms with Crippen LogP contribution < -0.4 is 14.2 Å². The number of aromatic carboxylic acids is 1. The molecule has 6 heteroatoms. The number of aromatic nitrogens is 1. The molecule has 0 unspecified atom stereocenters. The van der Waals surface area contributed by atoms with Crippen LogP contribution in [0.4, 0.5) is 0 Å². The summed E-state index contributed by atoms with van der Waals surface area (Å²) in [6.07, 6.45) is 0. The third-order valence-electron chi connectivity index (χ3n) is 3.86. The molecule has 0 saturated heterocycles. The van der Waals surface area contributed by atoms with Crippen molar-refractivity contribution < 1.29 is 24.1 Å². The Morgan fingerprint density at radius 1 is 1.00 bits per heavy atom. The number of carbonyl (C=O) groups is 1. The van der Waals surface area contributed by atoms with E-state index in [4.69, 9.17) is 14.2 Å². The van der Waals surface area contributed by atoms with Gasteiger partial charge in [-0.1, -0.05) is 12.1 Å². The standard InChI is InChI=1S/C18H17NO5/c1-22-11-8-9-14(15(10-11)23-2)19-13-7-5-4-6-12(13)17(24-3)16(19)18(20)21/h4-10H,1-3H3,(H,20,21). The van der Waals surface area contributed by atoms with E-state index >= 15 is 0 Å². The Bertz CT molecular complexity index is 913. The van der Waals surface area contributed by atoms with Crippen molar-refractivity contribution in [3.05, 3.63) is 48.2 Å². The zero-order valence-corrected chi connectivity index (χ0v) is 13.6.